The minimum Gasteiger partial charge on any atom is -0.456 e. The molecule has 1 amide bonds. The van der Waals surface area contributed by atoms with Crippen LogP contribution in [-0.4, -0.2) is 12.5 Å². The number of rotatable bonds is 2. The van der Waals surface area contributed by atoms with Gasteiger partial charge in [0.1, 0.15) is 17.2 Å². The van der Waals surface area contributed by atoms with E-state index >= 15 is 0 Å². The van der Waals surface area contributed by atoms with Crippen molar-refractivity contribution in [2.45, 2.75) is 19.3 Å². The third-order valence-corrected chi connectivity index (χ3v) is 4.27. The lowest BCUT2D eigenvalue weighted by Gasteiger charge is -2.27. The van der Waals surface area contributed by atoms with E-state index in [0.717, 1.165) is 29.4 Å². The second kappa shape index (κ2) is 5.54. The molecule has 4 rings (SSSR count). The zero-order valence-corrected chi connectivity index (χ0v) is 12.6. The van der Waals surface area contributed by atoms with Gasteiger partial charge in [0.25, 0.3) is 0 Å². The van der Waals surface area contributed by atoms with Crippen LogP contribution in [0.5, 0.6) is 0 Å². The fourth-order valence-electron chi connectivity index (χ4n) is 3.06. The number of hydrogen-bond donors (Lipinski definition) is 0. The van der Waals surface area contributed by atoms with Gasteiger partial charge >= 0.3 is 0 Å². The van der Waals surface area contributed by atoms with Gasteiger partial charge in [0.2, 0.25) is 5.91 Å². The van der Waals surface area contributed by atoms with E-state index in [2.05, 4.69) is 0 Å². The maximum Gasteiger partial charge on any atom is 0.227 e. The van der Waals surface area contributed by atoms with Gasteiger partial charge in [0.05, 0.1) is 5.69 Å². The first-order valence-corrected chi connectivity index (χ1v) is 7.81. The van der Waals surface area contributed by atoms with Crippen molar-refractivity contribution in [2.75, 3.05) is 11.4 Å². The number of halogens is 1. The minimum atomic E-state index is -0.375. The van der Waals surface area contributed by atoms with Gasteiger partial charge in [-0.15, -0.1) is 0 Å². The first-order valence-electron chi connectivity index (χ1n) is 7.81. The predicted molar refractivity (Wildman–Crippen MR) is 87.8 cm³/mol. The third kappa shape index (κ3) is 2.50. The van der Waals surface area contributed by atoms with E-state index in [1.807, 2.05) is 30.3 Å². The highest BCUT2D eigenvalue weighted by Gasteiger charge is 2.23. The van der Waals surface area contributed by atoms with Crippen molar-refractivity contribution >= 4 is 22.6 Å². The summed E-state index contributed by atoms with van der Waals surface area (Å²) < 4.78 is 20.1. The van der Waals surface area contributed by atoms with Crippen molar-refractivity contribution in [3.05, 3.63) is 54.3 Å². The Bertz CT molecular complexity index is 851. The van der Waals surface area contributed by atoms with Crippen molar-refractivity contribution in [1.29, 1.82) is 0 Å². The quantitative estimate of drug-likeness (QED) is 0.684. The average molecular weight is 309 g/mol. The topological polar surface area (TPSA) is 33.5 Å². The largest absolute Gasteiger partial charge is 0.456 e. The molecule has 0 bridgehead atoms. The summed E-state index contributed by atoms with van der Waals surface area (Å²) in [6.45, 7) is 0.569. The van der Waals surface area contributed by atoms with Gasteiger partial charge in [-0.05, 0) is 43.2 Å². The number of benzene rings is 2. The lowest BCUT2D eigenvalue weighted by molar-refractivity contribution is -0.119. The van der Waals surface area contributed by atoms with Crippen molar-refractivity contribution in [1.82, 2.24) is 0 Å². The Morgan fingerprint density at radius 3 is 2.74 bits per heavy atom. The monoisotopic (exact) mass is 309 g/mol. The van der Waals surface area contributed by atoms with E-state index in [9.17, 15) is 9.18 Å². The Hall–Kier alpha value is -2.62. The number of piperidine rings is 1. The summed E-state index contributed by atoms with van der Waals surface area (Å²) >= 11 is 0. The third-order valence-electron chi connectivity index (χ3n) is 4.27. The van der Waals surface area contributed by atoms with Crippen molar-refractivity contribution < 1.29 is 13.6 Å². The maximum absolute atomic E-state index is 14.2. The second-order valence-electron chi connectivity index (χ2n) is 5.82. The predicted octanol–water partition coefficient (Wildman–Crippen LogP) is 4.76. The number of anilines is 1. The molecule has 0 radical (unpaired) electrons. The van der Waals surface area contributed by atoms with Crippen molar-refractivity contribution in [2.24, 2.45) is 0 Å². The van der Waals surface area contributed by atoms with Crippen LogP contribution in [0.1, 0.15) is 19.3 Å². The summed E-state index contributed by atoms with van der Waals surface area (Å²) in [4.78, 5) is 13.6. The van der Waals surface area contributed by atoms with Crippen molar-refractivity contribution in [3.63, 3.8) is 0 Å². The number of amides is 1. The highest BCUT2D eigenvalue weighted by molar-refractivity contribution is 5.95. The Morgan fingerprint density at radius 2 is 1.91 bits per heavy atom. The Morgan fingerprint density at radius 1 is 1.04 bits per heavy atom. The summed E-state index contributed by atoms with van der Waals surface area (Å²) in [7, 11) is 0. The standard InChI is InChI=1S/C19H16FNO2/c20-15-9-8-14(11-16(15)21-10-4-3-7-19(21)22)18-12-13-5-1-2-6-17(13)23-18/h1-2,5-6,8-9,11-12H,3-4,7,10H2. The smallest absolute Gasteiger partial charge is 0.227 e. The number of carbonyl (C=O) groups is 1. The molecule has 4 heteroatoms. The molecule has 1 saturated heterocycles. The first kappa shape index (κ1) is 14.0. The molecule has 1 aliphatic rings. The molecule has 3 nitrogen and oxygen atoms in total. The molecule has 3 aromatic rings. The van der Waals surface area contributed by atoms with E-state index in [-0.39, 0.29) is 11.7 Å². The SMILES string of the molecule is O=C1CCCCN1c1cc(-c2cc3ccccc3o2)ccc1F. The van der Waals surface area contributed by atoms with Gasteiger partial charge in [-0.1, -0.05) is 18.2 Å². The van der Waals surface area contributed by atoms with Gasteiger partial charge in [-0.25, -0.2) is 4.39 Å². The summed E-state index contributed by atoms with van der Waals surface area (Å²) in [5, 5.41) is 1.00. The zero-order valence-electron chi connectivity index (χ0n) is 12.6. The molecule has 0 N–H and O–H groups in total. The normalized spacial score (nSPS) is 15.3. The molecule has 23 heavy (non-hydrogen) atoms. The lowest BCUT2D eigenvalue weighted by Crippen LogP contribution is -2.35. The van der Waals surface area contributed by atoms with Crippen LogP contribution < -0.4 is 4.90 Å². The Labute approximate surface area is 133 Å². The molecule has 2 aromatic carbocycles. The van der Waals surface area contributed by atoms with E-state index < -0.39 is 0 Å². The van der Waals surface area contributed by atoms with Crippen LogP contribution in [-0.2, 0) is 4.79 Å². The number of carbonyl (C=O) groups excluding carboxylic acids is 1. The van der Waals surface area contributed by atoms with Crippen LogP contribution >= 0.6 is 0 Å². The van der Waals surface area contributed by atoms with Crippen LogP contribution in [0.4, 0.5) is 10.1 Å². The number of para-hydroxylation sites is 1. The van der Waals surface area contributed by atoms with Gasteiger partial charge in [-0.2, -0.15) is 0 Å². The van der Waals surface area contributed by atoms with Crippen LogP contribution in [0.15, 0.2) is 52.9 Å². The average Bonchev–Trinajstić information content (AvgIpc) is 3.00. The van der Waals surface area contributed by atoms with Crippen LogP contribution in [0.25, 0.3) is 22.3 Å². The number of fused-ring (bicyclic) bond motifs is 1. The summed E-state index contributed by atoms with van der Waals surface area (Å²) in [6, 6.07) is 14.5. The second-order valence-corrected chi connectivity index (χ2v) is 5.82. The van der Waals surface area contributed by atoms with Crippen LogP contribution in [0, 0.1) is 5.82 Å². The Kier molecular flexibility index (Phi) is 3.37. The number of nitrogens with zero attached hydrogens (tertiary/aromatic N) is 1. The molecule has 0 unspecified atom stereocenters. The van der Waals surface area contributed by atoms with Crippen LogP contribution in [0.2, 0.25) is 0 Å². The lowest BCUT2D eigenvalue weighted by atomic mass is 10.1. The molecule has 0 spiro atoms. The minimum absolute atomic E-state index is 0.0168. The van der Waals surface area contributed by atoms with E-state index in [1.165, 1.54) is 6.07 Å². The van der Waals surface area contributed by atoms with Crippen LogP contribution in [0.3, 0.4) is 0 Å². The molecule has 0 atom stereocenters. The molecule has 1 aliphatic heterocycles. The Balaban J connectivity index is 1.78. The van der Waals surface area contributed by atoms with Gasteiger partial charge in [-0.3, -0.25) is 4.79 Å². The first-order chi connectivity index (χ1) is 11.2. The van der Waals surface area contributed by atoms with Gasteiger partial charge < -0.3 is 9.32 Å². The van der Waals surface area contributed by atoms with Gasteiger partial charge in [0.15, 0.2) is 0 Å². The summed E-state index contributed by atoms with van der Waals surface area (Å²) in [5.41, 5.74) is 1.91. The molecule has 0 saturated carbocycles. The van der Waals surface area contributed by atoms with Gasteiger partial charge in [0, 0.05) is 23.9 Å². The molecular formula is C19H16FNO2. The highest BCUT2D eigenvalue weighted by Crippen LogP contribution is 2.32. The fraction of sp³-hybridized carbons (Fsp3) is 0.211. The molecule has 1 aromatic heterocycles. The molecule has 116 valence electrons. The highest BCUT2D eigenvalue weighted by atomic mass is 19.1. The summed E-state index contributed by atoms with van der Waals surface area (Å²) in [5.74, 6) is 0.286. The number of hydrogen-bond acceptors (Lipinski definition) is 2. The van der Waals surface area contributed by atoms with E-state index in [0.29, 0.717) is 24.4 Å². The fourth-order valence-corrected chi connectivity index (χ4v) is 3.06. The number of furan rings is 1. The van der Waals surface area contributed by atoms with E-state index in [1.54, 1.807) is 17.0 Å². The molecular weight excluding hydrogens is 293 g/mol. The molecule has 0 aliphatic carbocycles. The molecule has 2 heterocycles. The zero-order chi connectivity index (χ0) is 15.8. The van der Waals surface area contributed by atoms with Crippen molar-refractivity contribution in [3.8, 4) is 11.3 Å². The maximum atomic E-state index is 14.2. The summed E-state index contributed by atoms with van der Waals surface area (Å²) in [6.07, 6.45) is 2.26. The van der Waals surface area contributed by atoms with E-state index in [4.69, 9.17) is 4.42 Å². The molecule has 1 fully saturated rings.